The molecule has 0 fully saturated rings. The van der Waals surface area contributed by atoms with Gasteiger partial charge in [0.1, 0.15) is 0 Å². The minimum Gasteiger partial charge on any atom is -0.478 e. The molecule has 0 bridgehead atoms. The Morgan fingerprint density at radius 3 is 2.16 bits per heavy atom. The first-order chi connectivity index (χ1) is 8.50. The van der Waals surface area contributed by atoms with Gasteiger partial charge in [0.05, 0.1) is 6.10 Å². The van der Waals surface area contributed by atoms with E-state index in [-0.39, 0.29) is 12.0 Å². The molecule has 7 nitrogen and oxygen atoms in total. The van der Waals surface area contributed by atoms with Crippen molar-refractivity contribution in [3.63, 3.8) is 0 Å². The molecule has 0 spiro atoms. The van der Waals surface area contributed by atoms with Crippen molar-refractivity contribution < 1.29 is 28.0 Å². The summed E-state index contributed by atoms with van der Waals surface area (Å²) in [4.78, 5) is 9.78. The molecule has 19 heavy (non-hydrogen) atoms. The van der Waals surface area contributed by atoms with E-state index in [4.69, 9.17) is 5.11 Å². The molecule has 0 aliphatic rings. The van der Waals surface area contributed by atoms with Gasteiger partial charge in [-0.15, -0.1) is 0 Å². The minimum atomic E-state index is -4.74. The third kappa shape index (κ3) is 3.75. The van der Waals surface area contributed by atoms with Gasteiger partial charge in [-0.25, -0.2) is 4.79 Å². The van der Waals surface area contributed by atoms with Crippen molar-refractivity contribution in [1.29, 1.82) is 0 Å². The van der Waals surface area contributed by atoms with Crippen LogP contribution in [0.1, 0.15) is 26.7 Å². The van der Waals surface area contributed by atoms with Crippen LogP contribution >= 0.6 is 0 Å². The number of carboxylic acids is 1. The van der Waals surface area contributed by atoms with Crippen LogP contribution in [0, 0.1) is 0 Å². The van der Waals surface area contributed by atoms with Gasteiger partial charge in [-0.1, -0.05) is 13.3 Å². The first kappa shape index (κ1) is 18.0. The molecule has 0 rings (SSSR count). The van der Waals surface area contributed by atoms with Crippen molar-refractivity contribution in [2.24, 2.45) is 0 Å². The van der Waals surface area contributed by atoms with Crippen molar-refractivity contribution in [1.82, 2.24) is 4.90 Å². The van der Waals surface area contributed by atoms with Gasteiger partial charge in [-0.3, -0.25) is 9.45 Å². The highest BCUT2D eigenvalue weighted by molar-refractivity contribution is 7.87. The smallest absolute Gasteiger partial charge is 0.331 e. The maximum atomic E-state index is 11.7. The Morgan fingerprint density at radius 1 is 1.42 bits per heavy atom. The van der Waals surface area contributed by atoms with E-state index in [0.29, 0.717) is 6.42 Å². The SMILES string of the molecule is CCCC(O)C(/C=C(\C)C(=O)O)(N(C)C)S(=O)(=O)O. The fraction of sp³-hybridized carbons (Fsp3) is 0.727. The van der Waals surface area contributed by atoms with Crippen LogP contribution in [0.3, 0.4) is 0 Å². The summed E-state index contributed by atoms with van der Waals surface area (Å²) in [6.07, 6.45) is -0.00435. The highest BCUT2D eigenvalue weighted by Gasteiger charge is 2.49. The Morgan fingerprint density at radius 2 is 1.89 bits per heavy atom. The highest BCUT2D eigenvalue weighted by Crippen LogP contribution is 2.29. The molecule has 0 heterocycles. The monoisotopic (exact) mass is 295 g/mol. The fourth-order valence-corrected chi connectivity index (χ4v) is 3.10. The molecule has 0 saturated heterocycles. The molecule has 0 radical (unpaired) electrons. The third-order valence-electron chi connectivity index (χ3n) is 2.91. The number of aliphatic hydroxyl groups is 1. The van der Waals surface area contributed by atoms with Crippen LogP contribution in [0.15, 0.2) is 11.6 Å². The fourth-order valence-electron chi connectivity index (χ4n) is 1.85. The summed E-state index contributed by atoms with van der Waals surface area (Å²) in [5.74, 6) is -1.32. The topological polar surface area (TPSA) is 115 Å². The number of carboxylic acid groups (broad SMARTS) is 1. The summed E-state index contributed by atoms with van der Waals surface area (Å²) < 4.78 is 32.8. The summed E-state index contributed by atoms with van der Waals surface area (Å²) in [6.45, 7) is 2.94. The number of rotatable bonds is 7. The Kier molecular flexibility index (Phi) is 6.14. The molecule has 0 aliphatic heterocycles. The zero-order valence-electron chi connectivity index (χ0n) is 11.5. The zero-order chi connectivity index (χ0) is 15.4. The third-order valence-corrected chi connectivity index (χ3v) is 4.49. The molecule has 0 aromatic rings. The predicted molar refractivity (Wildman–Crippen MR) is 70.3 cm³/mol. The Labute approximate surface area is 113 Å². The van der Waals surface area contributed by atoms with Gasteiger partial charge in [-0.05, 0) is 33.5 Å². The minimum absolute atomic E-state index is 0.0986. The standard InChI is InChI=1S/C11H21NO6S/c1-5-6-9(13)11(12(3)4,19(16,17)18)7-8(2)10(14)15/h7,9,13H,5-6H2,1-4H3,(H,14,15)(H,16,17,18)/b8-7+. The molecule has 0 aromatic carbocycles. The predicted octanol–water partition coefficient (Wildman–Crippen LogP) is 0.324. The van der Waals surface area contributed by atoms with Crippen LogP contribution in [0.4, 0.5) is 0 Å². The van der Waals surface area contributed by atoms with E-state index in [1.165, 1.54) is 21.0 Å². The second-order valence-electron chi connectivity index (χ2n) is 4.56. The lowest BCUT2D eigenvalue weighted by molar-refractivity contribution is -0.132. The van der Waals surface area contributed by atoms with E-state index < -0.39 is 27.1 Å². The summed E-state index contributed by atoms with van der Waals surface area (Å²) in [5, 5.41) is 18.9. The summed E-state index contributed by atoms with van der Waals surface area (Å²) in [5.41, 5.74) is -0.276. The van der Waals surface area contributed by atoms with Gasteiger partial charge >= 0.3 is 5.97 Å². The van der Waals surface area contributed by atoms with Crippen LogP contribution in [0.2, 0.25) is 0 Å². The largest absolute Gasteiger partial charge is 0.478 e. The second-order valence-corrected chi connectivity index (χ2v) is 6.16. The first-order valence-electron chi connectivity index (χ1n) is 5.76. The molecule has 0 aliphatic carbocycles. The normalized spacial score (nSPS) is 18.2. The Balaban J connectivity index is 6.11. The van der Waals surface area contributed by atoms with E-state index >= 15 is 0 Å². The lowest BCUT2D eigenvalue weighted by Gasteiger charge is -2.38. The maximum Gasteiger partial charge on any atom is 0.331 e. The van der Waals surface area contributed by atoms with Gasteiger partial charge in [-0.2, -0.15) is 8.42 Å². The average Bonchev–Trinajstić information content (AvgIpc) is 2.22. The molecule has 0 amide bonds. The molecule has 112 valence electrons. The van der Waals surface area contributed by atoms with Crippen LogP contribution in [0.5, 0.6) is 0 Å². The molecular weight excluding hydrogens is 274 g/mol. The maximum absolute atomic E-state index is 11.7. The van der Waals surface area contributed by atoms with E-state index in [0.717, 1.165) is 11.0 Å². The van der Waals surface area contributed by atoms with Gasteiger partial charge in [0.25, 0.3) is 10.1 Å². The van der Waals surface area contributed by atoms with Crippen LogP contribution in [-0.4, -0.2) is 59.1 Å². The van der Waals surface area contributed by atoms with Crippen molar-refractivity contribution in [2.75, 3.05) is 14.1 Å². The van der Waals surface area contributed by atoms with Crippen molar-refractivity contribution in [3.05, 3.63) is 11.6 Å². The van der Waals surface area contributed by atoms with E-state index in [2.05, 4.69) is 0 Å². The number of hydrogen-bond acceptors (Lipinski definition) is 5. The average molecular weight is 295 g/mol. The highest BCUT2D eigenvalue weighted by atomic mass is 32.2. The molecule has 8 heteroatoms. The lowest BCUT2D eigenvalue weighted by atomic mass is 10.0. The van der Waals surface area contributed by atoms with Crippen molar-refractivity contribution in [2.45, 2.75) is 37.7 Å². The number of aliphatic carboxylic acids is 1. The van der Waals surface area contributed by atoms with Crippen molar-refractivity contribution in [3.8, 4) is 0 Å². The van der Waals surface area contributed by atoms with Gasteiger partial charge in [0.2, 0.25) is 0 Å². The van der Waals surface area contributed by atoms with E-state index in [1.807, 2.05) is 0 Å². The van der Waals surface area contributed by atoms with Gasteiger partial charge in [0.15, 0.2) is 4.87 Å². The lowest BCUT2D eigenvalue weighted by Crippen LogP contribution is -2.58. The quantitative estimate of drug-likeness (QED) is 0.457. The van der Waals surface area contributed by atoms with Crippen LogP contribution in [-0.2, 0) is 14.9 Å². The zero-order valence-corrected chi connectivity index (χ0v) is 12.3. The summed E-state index contributed by atoms with van der Waals surface area (Å²) >= 11 is 0. The number of carbonyl (C=O) groups is 1. The summed E-state index contributed by atoms with van der Waals surface area (Å²) in [7, 11) is -2.05. The van der Waals surface area contributed by atoms with Gasteiger partial charge < -0.3 is 10.2 Å². The Hall–Kier alpha value is -0.960. The number of nitrogens with zero attached hydrogens (tertiary/aromatic N) is 1. The van der Waals surface area contributed by atoms with Crippen molar-refractivity contribution >= 4 is 16.1 Å². The van der Waals surface area contributed by atoms with Crippen LogP contribution < -0.4 is 0 Å². The number of aliphatic hydroxyl groups excluding tert-OH is 1. The summed E-state index contributed by atoms with van der Waals surface area (Å²) in [6, 6.07) is 0. The molecule has 0 aromatic heterocycles. The van der Waals surface area contributed by atoms with Gasteiger partial charge in [0, 0.05) is 5.57 Å². The first-order valence-corrected chi connectivity index (χ1v) is 7.20. The molecule has 2 atom stereocenters. The molecular formula is C11H21NO6S. The molecule has 3 N–H and O–H groups in total. The second kappa shape index (κ2) is 6.47. The number of likely N-dealkylation sites (N-methyl/N-ethyl adjacent to an activating group) is 1. The van der Waals surface area contributed by atoms with Crippen LogP contribution in [0.25, 0.3) is 0 Å². The number of hydrogen-bond donors (Lipinski definition) is 3. The van der Waals surface area contributed by atoms with E-state index in [1.54, 1.807) is 6.92 Å². The molecule has 0 saturated carbocycles. The van der Waals surface area contributed by atoms with E-state index in [9.17, 15) is 22.9 Å². The Bertz CT molecular complexity index is 456. The molecule has 2 unspecified atom stereocenters.